The average Bonchev–Trinajstić information content (AvgIpc) is 3.60. The maximum absolute atomic E-state index is 14.6. The van der Waals surface area contributed by atoms with E-state index in [0.717, 1.165) is 37.7 Å². The molecule has 2 atom stereocenters. The van der Waals surface area contributed by atoms with Gasteiger partial charge in [0.25, 0.3) is 0 Å². The van der Waals surface area contributed by atoms with E-state index < -0.39 is 17.7 Å². The number of allylic oxidation sites excluding steroid dienone is 1. The van der Waals surface area contributed by atoms with Crippen molar-refractivity contribution in [1.29, 1.82) is 0 Å². The van der Waals surface area contributed by atoms with Crippen molar-refractivity contribution in [3.8, 4) is 0 Å². The van der Waals surface area contributed by atoms with Crippen LogP contribution in [0.5, 0.6) is 0 Å². The smallest absolute Gasteiger partial charge is 0.165 e. The van der Waals surface area contributed by atoms with Gasteiger partial charge >= 0.3 is 0 Å². The predicted molar refractivity (Wildman–Crippen MR) is 115 cm³/mol. The van der Waals surface area contributed by atoms with Gasteiger partial charge in [0.1, 0.15) is 11.9 Å². The third-order valence-corrected chi connectivity index (χ3v) is 6.54. The fourth-order valence-electron chi connectivity index (χ4n) is 4.59. The van der Waals surface area contributed by atoms with Gasteiger partial charge in [0.2, 0.25) is 0 Å². The first-order valence-corrected chi connectivity index (χ1v) is 11.2. The minimum Gasteiger partial charge on any atom is -0.388 e. The van der Waals surface area contributed by atoms with Crippen LogP contribution in [0.4, 0.5) is 13.2 Å². The van der Waals surface area contributed by atoms with Crippen LogP contribution in [-0.2, 0) is 4.74 Å². The van der Waals surface area contributed by atoms with Crippen molar-refractivity contribution >= 4 is 6.08 Å². The SMILES string of the molecule is CCCC(O)c1ccc(/C=C/C2CCC(c3ccc(C4CO4)c(F)c3F)CC2)cc1F. The summed E-state index contributed by atoms with van der Waals surface area (Å²) in [5, 5.41) is 10.0. The van der Waals surface area contributed by atoms with Gasteiger partial charge in [-0.1, -0.05) is 49.8 Å². The highest BCUT2D eigenvalue weighted by Gasteiger charge is 2.32. The number of aliphatic hydroxyl groups is 1. The molecule has 4 rings (SSSR count). The lowest BCUT2D eigenvalue weighted by Crippen LogP contribution is -2.14. The molecule has 1 saturated heterocycles. The molecular formula is C26H29F3O2. The van der Waals surface area contributed by atoms with Crippen LogP contribution in [0, 0.1) is 23.4 Å². The van der Waals surface area contributed by atoms with Gasteiger partial charge in [-0.15, -0.1) is 0 Å². The van der Waals surface area contributed by atoms with E-state index in [2.05, 4.69) is 6.08 Å². The molecule has 5 heteroatoms. The van der Waals surface area contributed by atoms with Gasteiger partial charge < -0.3 is 9.84 Å². The topological polar surface area (TPSA) is 32.8 Å². The summed E-state index contributed by atoms with van der Waals surface area (Å²) in [5.74, 6) is -1.53. The van der Waals surface area contributed by atoms with Crippen LogP contribution >= 0.6 is 0 Å². The summed E-state index contributed by atoms with van der Waals surface area (Å²) in [7, 11) is 0. The number of hydrogen-bond acceptors (Lipinski definition) is 2. The molecule has 1 heterocycles. The molecule has 0 spiro atoms. The van der Waals surface area contributed by atoms with E-state index in [9.17, 15) is 18.3 Å². The standard InChI is InChI=1S/C26H29F3O2/c1-2-3-23(30)20-11-8-17(14-22(20)27)5-4-16-6-9-18(10-7-16)19-12-13-21(24-15-31-24)26(29)25(19)28/h4-5,8,11-14,16,18,23-24,30H,2-3,6-7,9-10,15H2,1H3/b5-4+. The van der Waals surface area contributed by atoms with E-state index in [1.165, 1.54) is 6.07 Å². The van der Waals surface area contributed by atoms with Crippen molar-refractivity contribution in [2.75, 3.05) is 6.61 Å². The lowest BCUT2D eigenvalue weighted by Gasteiger charge is -2.27. The highest BCUT2D eigenvalue weighted by molar-refractivity contribution is 5.50. The molecule has 0 radical (unpaired) electrons. The molecule has 0 aromatic heterocycles. The summed E-state index contributed by atoms with van der Waals surface area (Å²) in [5.41, 5.74) is 1.89. The Labute approximate surface area is 181 Å². The number of benzene rings is 2. The van der Waals surface area contributed by atoms with E-state index >= 15 is 0 Å². The van der Waals surface area contributed by atoms with Crippen molar-refractivity contribution < 1.29 is 23.0 Å². The maximum atomic E-state index is 14.6. The van der Waals surface area contributed by atoms with Gasteiger partial charge in [0.05, 0.1) is 12.7 Å². The number of ether oxygens (including phenoxy) is 1. The first kappa shape index (κ1) is 22.1. The molecule has 2 aromatic carbocycles. The van der Waals surface area contributed by atoms with E-state index in [0.29, 0.717) is 35.6 Å². The molecule has 1 aliphatic carbocycles. The van der Waals surface area contributed by atoms with Crippen molar-refractivity contribution in [2.45, 2.75) is 63.6 Å². The molecule has 31 heavy (non-hydrogen) atoms. The molecule has 0 bridgehead atoms. The molecule has 2 aliphatic rings. The van der Waals surface area contributed by atoms with Crippen molar-refractivity contribution in [3.05, 3.63) is 76.1 Å². The Morgan fingerprint density at radius 1 is 1.03 bits per heavy atom. The maximum Gasteiger partial charge on any atom is 0.165 e. The van der Waals surface area contributed by atoms with Crippen LogP contribution in [0.25, 0.3) is 6.08 Å². The zero-order valence-corrected chi connectivity index (χ0v) is 17.8. The Bertz CT molecular complexity index is 944. The third-order valence-electron chi connectivity index (χ3n) is 6.54. The molecule has 2 unspecified atom stereocenters. The Hall–Kier alpha value is -2.11. The van der Waals surface area contributed by atoms with Gasteiger partial charge in [-0.05, 0) is 61.1 Å². The zero-order chi connectivity index (χ0) is 22.0. The minimum absolute atomic E-state index is 0.0186. The zero-order valence-electron chi connectivity index (χ0n) is 17.8. The van der Waals surface area contributed by atoms with Crippen LogP contribution in [0.3, 0.4) is 0 Å². The van der Waals surface area contributed by atoms with Crippen LogP contribution in [0.15, 0.2) is 36.4 Å². The summed E-state index contributed by atoms with van der Waals surface area (Å²) in [4.78, 5) is 0. The first-order valence-electron chi connectivity index (χ1n) is 11.2. The second-order valence-corrected chi connectivity index (χ2v) is 8.75. The van der Waals surface area contributed by atoms with E-state index in [4.69, 9.17) is 4.74 Å². The number of hydrogen-bond donors (Lipinski definition) is 1. The fourth-order valence-corrected chi connectivity index (χ4v) is 4.59. The number of rotatable bonds is 7. The lowest BCUT2D eigenvalue weighted by molar-refractivity contribution is 0.162. The Kier molecular flexibility index (Phi) is 6.83. The summed E-state index contributed by atoms with van der Waals surface area (Å²) in [6, 6.07) is 8.31. The molecule has 2 nitrogen and oxygen atoms in total. The van der Waals surface area contributed by atoms with Gasteiger partial charge in [-0.3, -0.25) is 0 Å². The molecule has 2 aromatic rings. The quantitative estimate of drug-likeness (QED) is 0.480. The molecule has 1 N–H and O–H groups in total. The first-order chi connectivity index (χ1) is 15.0. The van der Waals surface area contributed by atoms with Crippen molar-refractivity contribution in [3.63, 3.8) is 0 Å². The van der Waals surface area contributed by atoms with Crippen LogP contribution in [0.2, 0.25) is 0 Å². The summed E-state index contributed by atoms with van der Waals surface area (Å²) >= 11 is 0. The van der Waals surface area contributed by atoms with Gasteiger partial charge in [-0.2, -0.15) is 0 Å². The third kappa shape index (κ3) is 5.04. The highest BCUT2D eigenvalue weighted by atomic mass is 19.2. The molecule has 0 amide bonds. The summed E-state index contributed by atoms with van der Waals surface area (Å²) in [6.07, 6.45) is 7.61. The van der Waals surface area contributed by atoms with Crippen LogP contribution in [0.1, 0.15) is 85.8 Å². The van der Waals surface area contributed by atoms with Gasteiger partial charge in [0.15, 0.2) is 11.6 Å². The normalized spacial score (nSPS) is 24.5. The Morgan fingerprint density at radius 2 is 1.71 bits per heavy atom. The fraction of sp³-hybridized carbons (Fsp3) is 0.462. The molecule has 1 saturated carbocycles. The van der Waals surface area contributed by atoms with Crippen LogP contribution in [-0.4, -0.2) is 11.7 Å². The van der Waals surface area contributed by atoms with E-state index in [1.807, 2.05) is 19.1 Å². The Balaban J connectivity index is 1.36. The van der Waals surface area contributed by atoms with Crippen molar-refractivity contribution in [2.24, 2.45) is 5.92 Å². The second kappa shape index (κ2) is 9.58. The average molecular weight is 431 g/mol. The monoisotopic (exact) mass is 430 g/mol. The van der Waals surface area contributed by atoms with Gasteiger partial charge in [-0.25, -0.2) is 13.2 Å². The predicted octanol–water partition coefficient (Wildman–Crippen LogP) is 7.00. The van der Waals surface area contributed by atoms with E-state index in [-0.39, 0.29) is 17.8 Å². The Morgan fingerprint density at radius 3 is 2.35 bits per heavy atom. The van der Waals surface area contributed by atoms with Gasteiger partial charge in [0, 0.05) is 11.1 Å². The number of aliphatic hydroxyl groups excluding tert-OH is 1. The summed E-state index contributed by atoms with van der Waals surface area (Å²) < 4.78 is 48.3. The molecular weight excluding hydrogens is 401 g/mol. The lowest BCUT2D eigenvalue weighted by atomic mass is 9.78. The van der Waals surface area contributed by atoms with Crippen LogP contribution < -0.4 is 0 Å². The molecule has 166 valence electrons. The minimum atomic E-state index is -0.769. The summed E-state index contributed by atoms with van der Waals surface area (Å²) in [6.45, 7) is 2.41. The number of halogens is 3. The molecule has 2 fully saturated rings. The molecule has 1 aliphatic heterocycles. The number of epoxide rings is 1. The van der Waals surface area contributed by atoms with Crippen molar-refractivity contribution in [1.82, 2.24) is 0 Å². The van der Waals surface area contributed by atoms with E-state index in [1.54, 1.807) is 18.2 Å². The highest BCUT2D eigenvalue weighted by Crippen LogP contribution is 2.40. The second-order valence-electron chi connectivity index (χ2n) is 8.75. The largest absolute Gasteiger partial charge is 0.388 e.